The summed E-state index contributed by atoms with van der Waals surface area (Å²) in [5.41, 5.74) is 0. The topological polar surface area (TPSA) is 41.5 Å². The van der Waals surface area contributed by atoms with Gasteiger partial charge in [-0.1, -0.05) is 0 Å². The maximum absolute atomic E-state index is 11.6. The summed E-state index contributed by atoms with van der Waals surface area (Å²) in [6.45, 7) is 0.283. The maximum atomic E-state index is 11.6. The van der Waals surface area contributed by atoms with Crippen LogP contribution in [0.5, 0.6) is 0 Å². The fraction of sp³-hybridized carbons (Fsp3) is 1.00. The van der Waals surface area contributed by atoms with E-state index in [1.807, 2.05) is 0 Å². The van der Waals surface area contributed by atoms with Crippen molar-refractivity contribution < 1.29 is 18.6 Å². The molecule has 0 bridgehead atoms. The smallest absolute Gasteiger partial charge is 0.261 e. The normalized spacial score (nSPS) is 31.6. The lowest BCUT2D eigenvalue weighted by molar-refractivity contribution is -0.0542. The molecule has 1 heterocycles. The molecule has 0 unspecified atom stereocenters. The summed E-state index contributed by atoms with van der Waals surface area (Å²) in [4.78, 5) is 0. The third-order valence-electron chi connectivity index (χ3n) is 1.56. The Bertz CT molecular complexity index is 123. The molecule has 3 nitrogen and oxygen atoms in total. The summed E-state index contributed by atoms with van der Waals surface area (Å²) in [6.07, 6.45) is -3.57. The van der Waals surface area contributed by atoms with Gasteiger partial charge in [-0.3, -0.25) is 0 Å². The van der Waals surface area contributed by atoms with Crippen LogP contribution in [-0.2, 0) is 4.74 Å². The maximum Gasteiger partial charge on any atom is 0.261 e. The Hall–Kier alpha value is -0.260. The number of nitrogens with one attached hydrogen (secondary N) is 1. The lowest BCUT2D eigenvalue weighted by Crippen LogP contribution is -2.28. The zero-order valence-corrected chi connectivity index (χ0v) is 5.96. The number of aliphatic hydroxyl groups is 1. The first-order chi connectivity index (χ1) is 5.20. The first-order valence-electron chi connectivity index (χ1n) is 3.48. The molecular weight excluding hydrogens is 156 g/mol. The SMILES string of the molecule is O[C@@H]1CNC[C@H]1OCC(F)F. The van der Waals surface area contributed by atoms with Crippen molar-refractivity contribution in [3.63, 3.8) is 0 Å². The molecule has 1 fully saturated rings. The van der Waals surface area contributed by atoms with Gasteiger partial charge in [0.2, 0.25) is 0 Å². The second-order valence-corrected chi connectivity index (χ2v) is 2.49. The Morgan fingerprint density at radius 2 is 2.27 bits per heavy atom. The molecular formula is C6H11F2NO2. The minimum absolute atomic E-state index is 0.425. The van der Waals surface area contributed by atoms with E-state index in [0.29, 0.717) is 13.1 Å². The van der Waals surface area contributed by atoms with E-state index in [1.54, 1.807) is 0 Å². The molecule has 1 aliphatic rings. The molecule has 5 heteroatoms. The highest BCUT2D eigenvalue weighted by molar-refractivity contribution is 4.81. The van der Waals surface area contributed by atoms with Gasteiger partial charge < -0.3 is 15.2 Å². The fourth-order valence-corrected chi connectivity index (χ4v) is 1.01. The highest BCUT2D eigenvalue weighted by Gasteiger charge is 2.26. The van der Waals surface area contributed by atoms with Crippen molar-refractivity contribution in [1.82, 2.24) is 5.32 Å². The Balaban J connectivity index is 2.15. The lowest BCUT2D eigenvalue weighted by Gasteiger charge is -2.13. The highest BCUT2D eigenvalue weighted by Crippen LogP contribution is 2.06. The quantitative estimate of drug-likeness (QED) is 0.601. The van der Waals surface area contributed by atoms with E-state index in [-0.39, 0.29) is 0 Å². The van der Waals surface area contributed by atoms with E-state index in [0.717, 1.165) is 0 Å². The van der Waals surface area contributed by atoms with E-state index in [9.17, 15) is 8.78 Å². The highest BCUT2D eigenvalue weighted by atomic mass is 19.3. The summed E-state index contributed by atoms with van der Waals surface area (Å²) < 4.78 is 27.9. The van der Waals surface area contributed by atoms with Crippen LogP contribution in [0.2, 0.25) is 0 Å². The van der Waals surface area contributed by atoms with E-state index >= 15 is 0 Å². The summed E-state index contributed by atoms with van der Waals surface area (Å²) in [7, 11) is 0. The minimum atomic E-state index is -2.46. The summed E-state index contributed by atoms with van der Waals surface area (Å²) in [6, 6.07) is 0. The van der Waals surface area contributed by atoms with Crippen LogP contribution in [-0.4, -0.2) is 43.4 Å². The Labute approximate surface area is 63.3 Å². The van der Waals surface area contributed by atoms with Crippen LogP contribution in [0.25, 0.3) is 0 Å². The van der Waals surface area contributed by atoms with Crippen molar-refractivity contribution >= 4 is 0 Å². The van der Waals surface area contributed by atoms with Crippen LogP contribution in [0, 0.1) is 0 Å². The molecule has 0 radical (unpaired) electrons. The number of hydrogen-bond acceptors (Lipinski definition) is 3. The van der Waals surface area contributed by atoms with Crippen molar-refractivity contribution in [3.05, 3.63) is 0 Å². The Morgan fingerprint density at radius 1 is 1.55 bits per heavy atom. The first kappa shape index (κ1) is 8.83. The van der Waals surface area contributed by atoms with E-state index in [2.05, 4.69) is 5.32 Å². The third-order valence-corrected chi connectivity index (χ3v) is 1.56. The van der Waals surface area contributed by atoms with Crippen LogP contribution in [0.3, 0.4) is 0 Å². The molecule has 0 aromatic heterocycles. The molecule has 11 heavy (non-hydrogen) atoms. The first-order valence-corrected chi connectivity index (χ1v) is 3.48. The van der Waals surface area contributed by atoms with Crippen LogP contribution in [0.1, 0.15) is 0 Å². The van der Waals surface area contributed by atoms with Crippen molar-refractivity contribution in [1.29, 1.82) is 0 Å². The second-order valence-electron chi connectivity index (χ2n) is 2.49. The van der Waals surface area contributed by atoms with Gasteiger partial charge >= 0.3 is 0 Å². The van der Waals surface area contributed by atoms with Crippen molar-refractivity contribution in [2.24, 2.45) is 0 Å². The van der Waals surface area contributed by atoms with Crippen LogP contribution in [0.15, 0.2) is 0 Å². The largest absolute Gasteiger partial charge is 0.389 e. The molecule has 0 aromatic rings. The van der Waals surface area contributed by atoms with Crippen molar-refractivity contribution in [2.45, 2.75) is 18.6 Å². The number of rotatable bonds is 3. The summed E-state index contributed by atoms with van der Waals surface area (Å²) >= 11 is 0. The third kappa shape index (κ3) is 2.69. The number of alkyl halides is 2. The van der Waals surface area contributed by atoms with Gasteiger partial charge in [-0.05, 0) is 0 Å². The second kappa shape index (κ2) is 3.94. The predicted octanol–water partition coefficient (Wildman–Crippen LogP) is -0.399. The molecule has 1 saturated heterocycles. The number of halogens is 2. The standard InChI is InChI=1S/C6H11F2NO2/c7-6(8)3-11-5-2-9-1-4(5)10/h4-6,9-10H,1-3H2/t4-,5-/m1/s1. The Kier molecular flexibility index (Phi) is 3.16. The number of hydrogen-bond donors (Lipinski definition) is 2. The zero-order chi connectivity index (χ0) is 8.27. The summed E-state index contributed by atoms with van der Waals surface area (Å²) in [5.74, 6) is 0. The molecule has 0 aliphatic carbocycles. The van der Waals surface area contributed by atoms with E-state index in [1.165, 1.54) is 0 Å². The molecule has 0 aromatic carbocycles. The molecule has 1 aliphatic heterocycles. The van der Waals surface area contributed by atoms with Gasteiger partial charge in [0, 0.05) is 13.1 Å². The van der Waals surface area contributed by atoms with E-state index in [4.69, 9.17) is 9.84 Å². The molecule has 0 saturated carbocycles. The van der Waals surface area contributed by atoms with Crippen LogP contribution in [0.4, 0.5) is 8.78 Å². The number of β-amino-alcohol motifs (C(OH)–C–C–N with tert-alkyl or cyclic N) is 1. The summed E-state index contributed by atoms with van der Waals surface area (Å²) in [5, 5.41) is 11.9. The van der Waals surface area contributed by atoms with E-state index < -0.39 is 25.2 Å². The van der Waals surface area contributed by atoms with Crippen molar-refractivity contribution in [3.8, 4) is 0 Å². The molecule has 2 N–H and O–H groups in total. The fourth-order valence-electron chi connectivity index (χ4n) is 1.01. The molecule has 0 amide bonds. The van der Waals surface area contributed by atoms with Gasteiger partial charge in [0.05, 0.1) is 12.2 Å². The van der Waals surface area contributed by atoms with Crippen LogP contribution >= 0.6 is 0 Å². The zero-order valence-electron chi connectivity index (χ0n) is 5.96. The van der Waals surface area contributed by atoms with Crippen molar-refractivity contribution in [2.75, 3.05) is 19.7 Å². The Morgan fingerprint density at radius 3 is 2.73 bits per heavy atom. The monoisotopic (exact) mass is 167 g/mol. The number of ether oxygens (including phenoxy) is 1. The van der Waals surface area contributed by atoms with Gasteiger partial charge in [0.15, 0.2) is 0 Å². The number of aliphatic hydroxyl groups excluding tert-OH is 1. The average molecular weight is 167 g/mol. The van der Waals surface area contributed by atoms with Gasteiger partial charge in [-0.2, -0.15) is 0 Å². The van der Waals surface area contributed by atoms with Crippen LogP contribution < -0.4 is 5.32 Å². The molecule has 1 rings (SSSR count). The van der Waals surface area contributed by atoms with Gasteiger partial charge in [-0.25, -0.2) is 8.78 Å². The van der Waals surface area contributed by atoms with Gasteiger partial charge in [0.1, 0.15) is 6.61 Å². The minimum Gasteiger partial charge on any atom is -0.389 e. The molecule has 66 valence electrons. The lowest BCUT2D eigenvalue weighted by atomic mass is 10.3. The van der Waals surface area contributed by atoms with Gasteiger partial charge in [0.25, 0.3) is 6.43 Å². The average Bonchev–Trinajstić information content (AvgIpc) is 2.31. The molecule has 2 atom stereocenters. The van der Waals surface area contributed by atoms with Gasteiger partial charge in [-0.15, -0.1) is 0 Å². The predicted molar refractivity (Wildman–Crippen MR) is 34.6 cm³/mol. The molecule has 0 spiro atoms.